The molecule has 0 unspecified atom stereocenters. The van der Waals surface area contributed by atoms with Gasteiger partial charge in [0.2, 0.25) is 11.9 Å². The lowest BCUT2D eigenvalue weighted by molar-refractivity contribution is -0.117. The van der Waals surface area contributed by atoms with Gasteiger partial charge < -0.3 is 4.90 Å². The molecular formula is C22H20N6O3. The van der Waals surface area contributed by atoms with E-state index in [0.29, 0.717) is 28.2 Å². The van der Waals surface area contributed by atoms with E-state index in [4.69, 9.17) is 0 Å². The summed E-state index contributed by atoms with van der Waals surface area (Å²) in [4.78, 5) is 46.5. The van der Waals surface area contributed by atoms with Crippen molar-refractivity contribution in [1.29, 1.82) is 0 Å². The molecule has 3 aromatic rings. The summed E-state index contributed by atoms with van der Waals surface area (Å²) in [5.41, 5.74) is 2.15. The first kappa shape index (κ1) is 19.0. The Morgan fingerprint density at radius 1 is 1.06 bits per heavy atom. The number of aromatic amines is 1. The van der Waals surface area contributed by atoms with Gasteiger partial charge in [-0.2, -0.15) is 4.98 Å². The predicted octanol–water partition coefficient (Wildman–Crippen LogP) is 2.68. The van der Waals surface area contributed by atoms with Crippen molar-refractivity contribution in [2.45, 2.75) is 25.9 Å². The fraction of sp³-hybridized carbons (Fsp3) is 0.227. The zero-order valence-electron chi connectivity index (χ0n) is 17.0. The van der Waals surface area contributed by atoms with Crippen LogP contribution in [0.2, 0.25) is 0 Å². The van der Waals surface area contributed by atoms with E-state index in [9.17, 15) is 14.4 Å². The van der Waals surface area contributed by atoms with Gasteiger partial charge in [-0.3, -0.25) is 29.7 Å². The first-order valence-electron chi connectivity index (χ1n) is 10.0. The maximum atomic E-state index is 13.3. The van der Waals surface area contributed by atoms with Crippen molar-refractivity contribution in [3.63, 3.8) is 0 Å². The predicted molar refractivity (Wildman–Crippen MR) is 113 cm³/mol. The monoisotopic (exact) mass is 416 g/mol. The lowest BCUT2D eigenvalue weighted by Crippen LogP contribution is -2.50. The lowest BCUT2D eigenvalue weighted by atomic mass is 10.0. The number of carbonyl (C=O) groups excluding carboxylic acids is 3. The van der Waals surface area contributed by atoms with E-state index in [1.165, 1.54) is 4.90 Å². The average molecular weight is 416 g/mol. The van der Waals surface area contributed by atoms with Crippen molar-refractivity contribution in [2.75, 3.05) is 16.8 Å². The number of anilines is 2. The number of aromatic nitrogens is 3. The number of para-hydroxylation sites is 1. The summed E-state index contributed by atoms with van der Waals surface area (Å²) >= 11 is 0. The molecule has 156 valence electrons. The maximum Gasteiger partial charge on any atom is 0.260 e. The molecule has 0 spiro atoms. The van der Waals surface area contributed by atoms with Gasteiger partial charge >= 0.3 is 0 Å². The first-order valence-corrected chi connectivity index (χ1v) is 10.0. The van der Waals surface area contributed by atoms with E-state index < -0.39 is 12.1 Å². The average Bonchev–Trinajstić information content (AvgIpc) is 3.34. The van der Waals surface area contributed by atoms with E-state index in [1.54, 1.807) is 41.3 Å². The molecule has 2 N–H and O–H groups in total. The van der Waals surface area contributed by atoms with E-state index in [2.05, 4.69) is 20.5 Å². The topological polar surface area (TPSA) is 111 Å². The molecule has 3 heterocycles. The molecule has 9 heteroatoms. The van der Waals surface area contributed by atoms with Gasteiger partial charge in [-0.15, -0.1) is 5.10 Å². The molecule has 0 fully saturated rings. The number of nitrogens with one attached hydrogen (secondary N) is 2. The molecule has 0 saturated carbocycles. The summed E-state index contributed by atoms with van der Waals surface area (Å²) in [7, 11) is 0. The van der Waals surface area contributed by atoms with Crippen LogP contribution in [-0.4, -0.2) is 44.3 Å². The summed E-state index contributed by atoms with van der Waals surface area (Å²) in [5.74, 6) is -0.0133. The number of benzene rings is 2. The second kappa shape index (κ2) is 7.05. The van der Waals surface area contributed by atoms with Crippen molar-refractivity contribution < 1.29 is 14.4 Å². The summed E-state index contributed by atoms with van der Waals surface area (Å²) in [6, 6.07) is 14.1. The molecule has 3 amide bonds. The Labute approximate surface area is 178 Å². The zero-order valence-corrected chi connectivity index (χ0v) is 17.0. The standard InChI is InChI=1S/C22H20N6O3/c1-12(2)18-24-22(26-25-18)23-17(29)11-27-19-13-7-3-4-8-14(13)21(31)28(19)16-10-6-5-9-15(16)20(27)30/h3-10,12,19H,11H2,1-2H3,(H2,23,24,25,26,29)/t19-/m1/s1. The van der Waals surface area contributed by atoms with Crippen LogP contribution in [0.1, 0.15) is 58.0 Å². The van der Waals surface area contributed by atoms with Crippen LogP contribution in [0, 0.1) is 0 Å². The number of nitrogens with zero attached hydrogens (tertiary/aromatic N) is 4. The van der Waals surface area contributed by atoms with Gasteiger partial charge in [-0.1, -0.05) is 44.2 Å². The van der Waals surface area contributed by atoms with Crippen molar-refractivity contribution in [3.8, 4) is 0 Å². The van der Waals surface area contributed by atoms with Crippen molar-refractivity contribution in [2.24, 2.45) is 0 Å². The third-order valence-corrected chi connectivity index (χ3v) is 5.50. The zero-order chi connectivity index (χ0) is 21.7. The number of carbonyl (C=O) groups is 3. The molecule has 0 aliphatic carbocycles. The minimum Gasteiger partial charge on any atom is -0.304 e. The number of hydrogen-bond acceptors (Lipinski definition) is 5. The van der Waals surface area contributed by atoms with Crippen molar-refractivity contribution in [1.82, 2.24) is 20.1 Å². The number of H-pyrrole nitrogens is 1. The van der Waals surface area contributed by atoms with Gasteiger partial charge in [-0.25, -0.2) is 0 Å². The fourth-order valence-electron chi connectivity index (χ4n) is 4.04. The van der Waals surface area contributed by atoms with Crippen molar-refractivity contribution in [3.05, 3.63) is 71.0 Å². The summed E-state index contributed by atoms with van der Waals surface area (Å²) in [6.07, 6.45) is -0.685. The van der Waals surface area contributed by atoms with E-state index in [0.717, 1.165) is 0 Å². The molecule has 9 nitrogen and oxygen atoms in total. The summed E-state index contributed by atoms with van der Waals surface area (Å²) < 4.78 is 0. The molecular weight excluding hydrogens is 396 g/mol. The molecule has 1 aromatic heterocycles. The molecule has 1 atom stereocenters. The second-order valence-electron chi connectivity index (χ2n) is 7.83. The number of rotatable bonds is 4. The van der Waals surface area contributed by atoms with E-state index >= 15 is 0 Å². The van der Waals surface area contributed by atoms with Crippen LogP contribution < -0.4 is 10.2 Å². The highest BCUT2D eigenvalue weighted by Crippen LogP contribution is 2.44. The summed E-state index contributed by atoms with van der Waals surface area (Å²) in [6.45, 7) is 3.67. The lowest BCUT2D eigenvalue weighted by Gasteiger charge is -2.40. The van der Waals surface area contributed by atoms with Crippen molar-refractivity contribution >= 4 is 29.4 Å². The normalized spacial score (nSPS) is 16.9. The quantitative estimate of drug-likeness (QED) is 0.679. The smallest absolute Gasteiger partial charge is 0.260 e. The third-order valence-electron chi connectivity index (χ3n) is 5.50. The first-order chi connectivity index (χ1) is 15.0. The highest BCUT2D eigenvalue weighted by Gasteiger charge is 2.48. The van der Waals surface area contributed by atoms with Gasteiger partial charge in [0.05, 0.1) is 11.3 Å². The molecule has 5 rings (SSSR count). The van der Waals surface area contributed by atoms with Crippen LogP contribution in [-0.2, 0) is 4.79 Å². The van der Waals surface area contributed by atoms with E-state index in [1.807, 2.05) is 26.0 Å². The Morgan fingerprint density at radius 3 is 2.52 bits per heavy atom. The number of hydrogen-bond donors (Lipinski definition) is 2. The molecule has 2 aromatic carbocycles. The third kappa shape index (κ3) is 2.97. The molecule has 2 aliphatic rings. The molecule has 0 saturated heterocycles. The van der Waals surface area contributed by atoms with Gasteiger partial charge in [0.15, 0.2) is 0 Å². The van der Waals surface area contributed by atoms with Gasteiger partial charge in [0.1, 0.15) is 18.5 Å². The summed E-state index contributed by atoms with van der Waals surface area (Å²) in [5, 5.41) is 9.42. The SMILES string of the molecule is CC(C)c1nc(NC(=O)CN2C(=O)c3ccccc3N3C(=O)c4ccccc4[C@H]23)n[nH]1. The minimum atomic E-state index is -0.685. The Balaban J connectivity index is 1.49. The Bertz CT molecular complexity index is 1220. The van der Waals surface area contributed by atoms with Crippen LogP contribution in [0.4, 0.5) is 11.6 Å². The largest absolute Gasteiger partial charge is 0.304 e. The molecule has 2 aliphatic heterocycles. The van der Waals surface area contributed by atoms with E-state index in [-0.39, 0.29) is 30.2 Å². The minimum absolute atomic E-state index is 0.132. The highest BCUT2D eigenvalue weighted by molar-refractivity contribution is 6.17. The van der Waals surface area contributed by atoms with Gasteiger partial charge in [0, 0.05) is 17.0 Å². The number of fused-ring (bicyclic) bond motifs is 5. The molecule has 0 bridgehead atoms. The maximum absolute atomic E-state index is 13.3. The fourth-order valence-corrected chi connectivity index (χ4v) is 4.04. The van der Waals surface area contributed by atoms with Crippen LogP contribution in [0.15, 0.2) is 48.5 Å². The van der Waals surface area contributed by atoms with Crippen LogP contribution >= 0.6 is 0 Å². The Hall–Kier alpha value is -4.01. The Morgan fingerprint density at radius 2 is 1.77 bits per heavy atom. The Kier molecular flexibility index (Phi) is 4.32. The van der Waals surface area contributed by atoms with Crippen LogP contribution in [0.25, 0.3) is 0 Å². The van der Waals surface area contributed by atoms with Crippen LogP contribution in [0.5, 0.6) is 0 Å². The highest BCUT2D eigenvalue weighted by atomic mass is 16.2. The van der Waals surface area contributed by atoms with Gasteiger partial charge in [-0.05, 0) is 18.2 Å². The number of amides is 3. The second-order valence-corrected chi connectivity index (χ2v) is 7.83. The molecule has 31 heavy (non-hydrogen) atoms. The molecule has 0 radical (unpaired) electrons. The van der Waals surface area contributed by atoms with Crippen LogP contribution in [0.3, 0.4) is 0 Å². The van der Waals surface area contributed by atoms with Gasteiger partial charge in [0.25, 0.3) is 11.8 Å².